The van der Waals surface area contributed by atoms with Crippen molar-refractivity contribution in [3.63, 3.8) is 0 Å². The number of rotatable bonds is 10. The molecule has 0 fully saturated rings. The molecule has 2 aliphatic heterocycles. The fourth-order valence-corrected chi connectivity index (χ4v) is 6.54. The van der Waals surface area contributed by atoms with E-state index in [0.717, 1.165) is 55.8 Å². The zero-order valence-electron chi connectivity index (χ0n) is 23.2. The average molecular weight is 621 g/mol. The molecule has 0 unspecified atom stereocenters. The molecule has 37 heavy (non-hydrogen) atoms. The molecular formula is C29H39BF2IN3O. The Labute approximate surface area is 234 Å². The van der Waals surface area contributed by atoms with Crippen molar-refractivity contribution in [1.29, 1.82) is 0 Å². The summed E-state index contributed by atoms with van der Waals surface area (Å²) in [6.45, 7) is 12.9. The van der Waals surface area contributed by atoms with E-state index in [1.54, 1.807) is 0 Å². The third kappa shape index (κ3) is 4.57. The summed E-state index contributed by atoms with van der Waals surface area (Å²) in [6.07, 6.45) is 1.40. The van der Waals surface area contributed by atoms with Crippen molar-refractivity contribution in [2.75, 3.05) is 26.2 Å². The zero-order chi connectivity index (χ0) is 27.1. The first-order chi connectivity index (χ1) is 17.7. The monoisotopic (exact) mass is 621 g/mol. The Morgan fingerprint density at radius 1 is 1.00 bits per heavy atom. The van der Waals surface area contributed by atoms with Crippen LogP contribution < -0.4 is 0 Å². The second-order valence-corrected chi connectivity index (χ2v) is 11.1. The molecule has 8 heteroatoms. The average Bonchev–Trinajstić information content (AvgIpc) is 3.33. The number of fused-ring (bicyclic) bond motifs is 2. The highest BCUT2D eigenvalue weighted by Crippen LogP contribution is 2.47. The van der Waals surface area contributed by atoms with Gasteiger partial charge in [-0.1, -0.05) is 39.8 Å². The van der Waals surface area contributed by atoms with Gasteiger partial charge in [-0.15, -0.1) is 0 Å². The van der Waals surface area contributed by atoms with E-state index < -0.39 is 6.97 Å². The highest BCUT2D eigenvalue weighted by Gasteiger charge is 2.57. The Bertz CT molecular complexity index is 1290. The lowest BCUT2D eigenvalue weighted by Crippen LogP contribution is -2.53. The highest BCUT2D eigenvalue weighted by atomic mass is 127. The lowest BCUT2D eigenvalue weighted by Gasteiger charge is -2.35. The van der Waals surface area contributed by atoms with Crippen molar-refractivity contribution < 1.29 is 17.9 Å². The van der Waals surface area contributed by atoms with Crippen molar-refractivity contribution in [2.45, 2.75) is 67.9 Å². The van der Waals surface area contributed by atoms with E-state index in [9.17, 15) is 0 Å². The predicted octanol–water partition coefficient (Wildman–Crippen LogP) is 7.03. The second kappa shape index (κ2) is 11.1. The van der Waals surface area contributed by atoms with Crippen LogP contribution in [0.4, 0.5) is 8.63 Å². The van der Waals surface area contributed by atoms with Gasteiger partial charge in [-0.25, -0.2) is 0 Å². The molecule has 0 bridgehead atoms. The maximum absolute atomic E-state index is 17.1. The number of halogens is 3. The molecule has 4 nitrogen and oxygen atoms in total. The molecule has 2 aliphatic rings. The first-order valence-electron chi connectivity index (χ1n) is 13.6. The topological polar surface area (TPSA) is 20.4 Å². The van der Waals surface area contributed by atoms with E-state index in [1.807, 2.05) is 27.7 Å². The van der Waals surface area contributed by atoms with Crippen molar-refractivity contribution in [3.05, 3.63) is 72.8 Å². The van der Waals surface area contributed by atoms with Gasteiger partial charge in [0.15, 0.2) is 11.4 Å². The standard InChI is InChI=1S/C29H39BF2IN3O/c1-8-23-19(6)28-27(21-13-15-22(33)16-14-21)29-20(7)24(9-2)26(18-37-12-5)36(29)30(31,32)35(28)25(23)17-34(10-3)11-4/h13-16H,8-12,17-18H2,1-7H3. The SMILES string of the molecule is CCOCc1c(CC)c(C)c2n1[B-](F)(F)[N+]1=C(CN(CC)CC)C(CC)=C(C)C1=C2c1ccc(I)cc1. The minimum Gasteiger partial charge on any atom is -0.391 e. The summed E-state index contributed by atoms with van der Waals surface area (Å²) in [6, 6.07) is 8.27. The molecular weight excluding hydrogens is 582 g/mol. The van der Waals surface area contributed by atoms with Gasteiger partial charge < -0.3 is 22.3 Å². The van der Waals surface area contributed by atoms with E-state index in [4.69, 9.17) is 4.74 Å². The molecule has 0 saturated carbocycles. The Hall–Kier alpha value is -1.78. The molecule has 0 amide bonds. The molecule has 0 N–H and O–H groups in total. The van der Waals surface area contributed by atoms with Gasteiger partial charge in [0.1, 0.15) is 0 Å². The first-order valence-corrected chi connectivity index (χ1v) is 14.7. The van der Waals surface area contributed by atoms with Crippen molar-refractivity contribution in [3.8, 4) is 0 Å². The van der Waals surface area contributed by atoms with E-state index in [0.29, 0.717) is 43.1 Å². The highest BCUT2D eigenvalue weighted by molar-refractivity contribution is 14.1. The Morgan fingerprint density at radius 3 is 2.19 bits per heavy atom. The largest absolute Gasteiger partial charge is 0.737 e. The molecule has 0 aliphatic carbocycles. The van der Waals surface area contributed by atoms with Crippen LogP contribution in [0.5, 0.6) is 0 Å². The van der Waals surface area contributed by atoms with Crippen LogP contribution in [-0.2, 0) is 17.8 Å². The number of aromatic nitrogens is 1. The normalized spacial score (nSPS) is 16.8. The molecule has 4 rings (SSSR count). The van der Waals surface area contributed by atoms with Gasteiger partial charge in [-0.2, -0.15) is 0 Å². The van der Waals surface area contributed by atoms with Crippen LogP contribution in [0.3, 0.4) is 0 Å². The summed E-state index contributed by atoms with van der Waals surface area (Å²) in [7, 11) is 0. The van der Waals surface area contributed by atoms with E-state index >= 15 is 8.63 Å². The van der Waals surface area contributed by atoms with E-state index in [1.165, 1.54) is 8.96 Å². The zero-order valence-corrected chi connectivity index (χ0v) is 25.4. The summed E-state index contributed by atoms with van der Waals surface area (Å²) < 4.78 is 43.9. The maximum atomic E-state index is 17.1. The quantitative estimate of drug-likeness (QED) is 0.210. The molecule has 1 aromatic carbocycles. The molecule has 3 heterocycles. The molecule has 2 aromatic rings. The second-order valence-electron chi connectivity index (χ2n) is 9.81. The Balaban J connectivity index is 2.17. The minimum absolute atomic E-state index is 0.180. The first kappa shape index (κ1) is 28.2. The Kier molecular flexibility index (Phi) is 8.51. The third-order valence-corrected chi connectivity index (χ3v) is 8.74. The molecule has 0 saturated heterocycles. The lowest BCUT2D eigenvalue weighted by molar-refractivity contribution is -0.364. The Morgan fingerprint density at radius 2 is 1.65 bits per heavy atom. The van der Waals surface area contributed by atoms with Gasteiger partial charge in [0, 0.05) is 32.7 Å². The van der Waals surface area contributed by atoms with Crippen LogP contribution in [-0.4, -0.2) is 52.8 Å². The van der Waals surface area contributed by atoms with E-state index in [2.05, 4.69) is 72.5 Å². The van der Waals surface area contributed by atoms with E-state index in [-0.39, 0.29) is 6.61 Å². The van der Waals surface area contributed by atoms with Gasteiger partial charge in [-0.3, -0.25) is 4.90 Å². The van der Waals surface area contributed by atoms with Gasteiger partial charge >= 0.3 is 6.97 Å². The summed E-state index contributed by atoms with van der Waals surface area (Å²) in [5.41, 5.74) is 8.44. The van der Waals surface area contributed by atoms with Crippen LogP contribution in [0.15, 0.2) is 41.1 Å². The molecule has 1 aromatic heterocycles. The smallest absolute Gasteiger partial charge is 0.391 e. The minimum atomic E-state index is -4.13. The van der Waals surface area contributed by atoms with Gasteiger partial charge in [0.25, 0.3) is 0 Å². The number of hydrogen-bond donors (Lipinski definition) is 0. The van der Waals surface area contributed by atoms with Crippen LogP contribution in [0.25, 0.3) is 5.57 Å². The fraction of sp³-hybridized carbons (Fsp3) is 0.483. The molecule has 200 valence electrons. The lowest BCUT2D eigenvalue weighted by atomic mass is 9.83. The molecule has 0 radical (unpaired) electrons. The summed E-state index contributed by atoms with van der Waals surface area (Å²) in [5.74, 6) is 0. The molecule has 0 spiro atoms. The number of benzene rings is 1. The van der Waals surface area contributed by atoms with Crippen LogP contribution in [0.2, 0.25) is 0 Å². The van der Waals surface area contributed by atoms with Crippen molar-refractivity contribution in [2.24, 2.45) is 0 Å². The predicted molar refractivity (Wildman–Crippen MR) is 158 cm³/mol. The maximum Gasteiger partial charge on any atom is 0.737 e. The summed E-state index contributed by atoms with van der Waals surface area (Å²) in [4.78, 5) is 2.23. The summed E-state index contributed by atoms with van der Waals surface area (Å²) in [5, 5.41) is 0. The fourth-order valence-electron chi connectivity index (χ4n) is 6.18. The van der Waals surface area contributed by atoms with Crippen LogP contribution in [0, 0.1) is 10.5 Å². The van der Waals surface area contributed by atoms with Crippen molar-refractivity contribution >= 4 is 40.8 Å². The van der Waals surface area contributed by atoms with Gasteiger partial charge in [0.05, 0.1) is 18.7 Å². The summed E-state index contributed by atoms with van der Waals surface area (Å²) >= 11 is 2.30. The van der Waals surface area contributed by atoms with Crippen LogP contribution >= 0.6 is 22.6 Å². The van der Waals surface area contributed by atoms with Crippen LogP contribution in [0.1, 0.15) is 76.0 Å². The number of allylic oxidation sites excluding steroid dienone is 1. The number of nitrogens with zero attached hydrogens (tertiary/aromatic N) is 3. The number of ether oxygens (including phenoxy) is 1. The van der Waals surface area contributed by atoms with Crippen molar-refractivity contribution in [1.82, 2.24) is 9.38 Å². The number of hydrogen-bond acceptors (Lipinski definition) is 2. The molecule has 0 atom stereocenters. The van der Waals surface area contributed by atoms with Gasteiger partial charge in [-0.05, 0) is 98.1 Å². The van der Waals surface area contributed by atoms with Gasteiger partial charge in [0.2, 0.25) is 0 Å². The third-order valence-electron chi connectivity index (χ3n) is 8.02.